The number of aryl methyl sites for hydroxylation is 1. The minimum Gasteiger partial charge on any atom is -0.507 e. The lowest BCUT2D eigenvalue weighted by molar-refractivity contribution is 0.0950. The number of hydrogen-bond acceptors (Lipinski definition) is 5. The van der Waals surface area contributed by atoms with Crippen molar-refractivity contribution in [2.75, 3.05) is 6.54 Å². The molecule has 0 aliphatic carbocycles. The topological polar surface area (TPSA) is 104 Å². The van der Waals surface area contributed by atoms with Gasteiger partial charge in [0, 0.05) is 42.3 Å². The highest BCUT2D eigenvalue weighted by Gasteiger charge is 2.16. The molecule has 4 aromatic rings. The van der Waals surface area contributed by atoms with E-state index in [2.05, 4.69) is 24.1 Å². The molecular formula is C29H28FN5O2. The number of aromatic hydroxyl groups is 1. The van der Waals surface area contributed by atoms with Gasteiger partial charge in [-0.2, -0.15) is 10.4 Å². The van der Waals surface area contributed by atoms with E-state index in [-0.39, 0.29) is 22.8 Å². The Kier molecular flexibility index (Phi) is 7.94. The predicted octanol–water partition coefficient (Wildman–Crippen LogP) is 5.35. The average molecular weight is 498 g/mol. The third-order valence-corrected chi connectivity index (χ3v) is 5.85. The summed E-state index contributed by atoms with van der Waals surface area (Å²) in [7, 11) is 0. The van der Waals surface area contributed by atoms with Gasteiger partial charge in [0.05, 0.1) is 11.1 Å². The monoisotopic (exact) mass is 497 g/mol. The van der Waals surface area contributed by atoms with Crippen molar-refractivity contribution in [3.05, 3.63) is 89.6 Å². The fourth-order valence-corrected chi connectivity index (χ4v) is 4.09. The van der Waals surface area contributed by atoms with E-state index < -0.39 is 5.82 Å². The van der Waals surface area contributed by atoms with Gasteiger partial charge >= 0.3 is 0 Å². The number of para-hydroxylation sites is 1. The van der Waals surface area contributed by atoms with Gasteiger partial charge in [-0.15, -0.1) is 0 Å². The normalized spacial score (nSPS) is 10.9. The van der Waals surface area contributed by atoms with Crippen molar-refractivity contribution in [1.82, 2.24) is 20.1 Å². The van der Waals surface area contributed by atoms with Crippen LogP contribution in [0.1, 0.15) is 41.9 Å². The van der Waals surface area contributed by atoms with Crippen molar-refractivity contribution in [2.45, 2.75) is 33.2 Å². The first kappa shape index (κ1) is 25.6. The summed E-state index contributed by atoms with van der Waals surface area (Å²) in [6.07, 6.45) is 5.01. The van der Waals surface area contributed by atoms with Crippen LogP contribution in [0.15, 0.2) is 67.0 Å². The molecule has 188 valence electrons. The van der Waals surface area contributed by atoms with Crippen LogP contribution in [0, 0.1) is 23.1 Å². The maximum Gasteiger partial charge on any atom is 0.255 e. The molecule has 2 aromatic heterocycles. The average Bonchev–Trinajstić information content (AvgIpc) is 3.30. The minimum atomic E-state index is -0.560. The zero-order valence-corrected chi connectivity index (χ0v) is 20.8. The molecule has 7 nitrogen and oxygen atoms in total. The summed E-state index contributed by atoms with van der Waals surface area (Å²) in [4.78, 5) is 16.8. The minimum absolute atomic E-state index is 0.0249. The van der Waals surface area contributed by atoms with E-state index in [0.717, 1.165) is 16.8 Å². The van der Waals surface area contributed by atoms with Crippen LogP contribution >= 0.6 is 0 Å². The van der Waals surface area contributed by atoms with Crippen LogP contribution in [0.25, 0.3) is 22.4 Å². The first-order chi connectivity index (χ1) is 17.9. The van der Waals surface area contributed by atoms with Gasteiger partial charge in [-0.05, 0) is 66.8 Å². The zero-order chi connectivity index (χ0) is 26.4. The fraction of sp³-hybridized carbons (Fsp3) is 0.241. The number of amides is 1. The molecule has 0 fully saturated rings. The number of hydrogen-bond donors (Lipinski definition) is 2. The molecule has 0 atom stereocenters. The third-order valence-electron chi connectivity index (χ3n) is 5.85. The number of phenolic OH excluding ortho intramolecular Hbond substituents is 1. The number of nitrogens with zero attached hydrogens (tertiary/aromatic N) is 4. The summed E-state index contributed by atoms with van der Waals surface area (Å²) >= 11 is 0. The van der Waals surface area contributed by atoms with Gasteiger partial charge in [-0.25, -0.2) is 4.39 Å². The van der Waals surface area contributed by atoms with Gasteiger partial charge in [-0.3, -0.25) is 14.5 Å². The van der Waals surface area contributed by atoms with Gasteiger partial charge in [0.25, 0.3) is 5.91 Å². The van der Waals surface area contributed by atoms with Crippen molar-refractivity contribution in [3.63, 3.8) is 0 Å². The molecular weight excluding hydrogens is 469 g/mol. The van der Waals surface area contributed by atoms with Crippen LogP contribution in [-0.2, 0) is 13.0 Å². The summed E-state index contributed by atoms with van der Waals surface area (Å²) < 4.78 is 15.8. The van der Waals surface area contributed by atoms with Crippen LogP contribution in [0.5, 0.6) is 5.75 Å². The lowest BCUT2D eigenvalue weighted by Gasteiger charge is -2.08. The molecule has 0 aliphatic heterocycles. The van der Waals surface area contributed by atoms with Gasteiger partial charge < -0.3 is 10.4 Å². The quantitative estimate of drug-likeness (QED) is 0.304. The summed E-state index contributed by atoms with van der Waals surface area (Å²) in [6.45, 7) is 5.36. The van der Waals surface area contributed by atoms with E-state index in [1.165, 1.54) is 18.2 Å². The highest BCUT2D eigenvalue weighted by Crippen LogP contribution is 2.32. The summed E-state index contributed by atoms with van der Waals surface area (Å²) in [5.41, 5.74) is 4.19. The lowest BCUT2D eigenvalue weighted by atomic mass is 10.00. The Balaban J connectivity index is 1.52. The number of carbonyl (C=O) groups is 1. The van der Waals surface area contributed by atoms with Crippen LogP contribution < -0.4 is 5.32 Å². The molecule has 0 spiro atoms. The molecule has 4 rings (SSSR count). The molecule has 2 heterocycles. The van der Waals surface area contributed by atoms with E-state index >= 15 is 0 Å². The summed E-state index contributed by atoms with van der Waals surface area (Å²) in [5, 5.41) is 26.7. The Morgan fingerprint density at radius 1 is 1.16 bits per heavy atom. The molecule has 2 aromatic carbocycles. The standard InChI is InChI=1S/C29H28FN5O2/c1-19(2)17-35-18-25(28(34-35)21-9-10-26(30)22(14-21)16-31)20-11-13-32-23(15-20)6-5-12-33-29(37)24-7-3-4-8-27(24)36/h3-4,7-11,13-15,18-19,36H,5-6,12,17H2,1-2H3,(H,33,37). The Morgan fingerprint density at radius 3 is 2.73 bits per heavy atom. The second-order valence-electron chi connectivity index (χ2n) is 9.23. The lowest BCUT2D eigenvalue weighted by Crippen LogP contribution is -2.24. The highest BCUT2D eigenvalue weighted by atomic mass is 19.1. The van der Waals surface area contributed by atoms with Crippen molar-refractivity contribution in [1.29, 1.82) is 5.26 Å². The number of phenols is 1. The van der Waals surface area contributed by atoms with Crippen LogP contribution in [0.2, 0.25) is 0 Å². The SMILES string of the molecule is CC(C)Cn1cc(-c2ccnc(CCCNC(=O)c3ccccc3O)c2)c(-c2ccc(F)c(C#N)c2)n1. The van der Waals surface area contributed by atoms with E-state index in [9.17, 15) is 19.6 Å². The maximum absolute atomic E-state index is 14.0. The number of carbonyl (C=O) groups excluding carboxylic acids is 1. The Bertz CT molecular complexity index is 1450. The van der Waals surface area contributed by atoms with Crippen molar-refractivity contribution < 1.29 is 14.3 Å². The maximum atomic E-state index is 14.0. The van der Waals surface area contributed by atoms with Crippen LogP contribution in [-0.4, -0.2) is 32.3 Å². The molecule has 0 bridgehead atoms. The fourth-order valence-electron chi connectivity index (χ4n) is 4.09. The predicted molar refractivity (Wildman–Crippen MR) is 139 cm³/mol. The van der Waals surface area contributed by atoms with E-state index in [4.69, 9.17) is 5.10 Å². The number of pyridine rings is 1. The van der Waals surface area contributed by atoms with Crippen molar-refractivity contribution in [2.24, 2.45) is 5.92 Å². The zero-order valence-electron chi connectivity index (χ0n) is 20.8. The number of nitriles is 1. The third kappa shape index (κ3) is 6.19. The van der Waals surface area contributed by atoms with Crippen LogP contribution in [0.4, 0.5) is 4.39 Å². The van der Waals surface area contributed by atoms with E-state index in [1.54, 1.807) is 30.5 Å². The van der Waals surface area contributed by atoms with Gasteiger partial charge in [0.1, 0.15) is 23.3 Å². The van der Waals surface area contributed by atoms with E-state index in [0.29, 0.717) is 43.1 Å². The molecule has 0 unspecified atom stereocenters. The van der Waals surface area contributed by atoms with Gasteiger partial charge in [0.15, 0.2) is 0 Å². The Labute approximate surface area is 215 Å². The molecule has 1 amide bonds. The van der Waals surface area contributed by atoms with Gasteiger partial charge in [-0.1, -0.05) is 26.0 Å². The molecule has 0 saturated carbocycles. The number of nitrogens with one attached hydrogen (secondary N) is 1. The van der Waals surface area contributed by atoms with Crippen molar-refractivity contribution in [3.8, 4) is 34.2 Å². The molecule has 8 heteroatoms. The Morgan fingerprint density at radius 2 is 1.97 bits per heavy atom. The second-order valence-corrected chi connectivity index (χ2v) is 9.23. The van der Waals surface area contributed by atoms with E-state index in [1.807, 2.05) is 29.1 Å². The molecule has 0 aliphatic rings. The molecule has 0 radical (unpaired) electrons. The molecule has 0 saturated heterocycles. The largest absolute Gasteiger partial charge is 0.507 e. The molecule has 37 heavy (non-hydrogen) atoms. The number of halogens is 1. The molecule has 2 N–H and O–H groups in total. The first-order valence-corrected chi connectivity index (χ1v) is 12.1. The number of benzene rings is 2. The highest BCUT2D eigenvalue weighted by molar-refractivity contribution is 5.96. The summed E-state index contributed by atoms with van der Waals surface area (Å²) in [6, 6.07) is 16.7. The summed E-state index contributed by atoms with van der Waals surface area (Å²) in [5.74, 6) is -0.552. The smallest absolute Gasteiger partial charge is 0.255 e. The second kappa shape index (κ2) is 11.5. The van der Waals surface area contributed by atoms with Gasteiger partial charge in [0.2, 0.25) is 0 Å². The Hall–Kier alpha value is -4.51. The van der Waals surface area contributed by atoms with Crippen LogP contribution in [0.3, 0.4) is 0 Å². The van der Waals surface area contributed by atoms with Crippen molar-refractivity contribution >= 4 is 5.91 Å². The first-order valence-electron chi connectivity index (χ1n) is 12.1. The number of aromatic nitrogens is 3. The number of rotatable bonds is 9.